The van der Waals surface area contributed by atoms with Crippen LogP contribution in [0.5, 0.6) is 0 Å². The van der Waals surface area contributed by atoms with Gasteiger partial charge in [0.25, 0.3) is 0 Å². The molecular weight excluding hydrogens is 241 g/mol. The van der Waals surface area contributed by atoms with Gasteiger partial charge in [-0.05, 0) is 37.5 Å². The maximum atomic E-state index is 12.9. The zero-order chi connectivity index (χ0) is 12.9. The normalized spacial score (nSPS) is 14.6. The van der Waals surface area contributed by atoms with Crippen molar-refractivity contribution in [3.05, 3.63) is 34.6 Å². The molecule has 4 heteroatoms. The van der Waals surface area contributed by atoms with E-state index in [1.54, 1.807) is 6.07 Å². The Balaban J connectivity index is 2.65. The molecule has 1 aromatic carbocycles. The van der Waals surface area contributed by atoms with Gasteiger partial charge in [-0.15, -0.1) is 0 Å². The van der Waals surface area contributed by atoms with Gasteiger partial charge in [0.1, 0.15) is 5.82 Å². The highest BCUT2D eigenvalue weighted by atomic mass is 35.5. The standard InChI is InChI=1S/C13H19ClFNO/c1-3-13(2,6-7-17)16-9-10-4-5-11(15)8-12(10)14/h4-5,8,16-17H,3,6-7,9H2,1-2H3. The van der Waals surface area contributed by atoms with Crippen LogP contribution in [-0.2, 0) is 6.54 Å². The first-order valence-corrected chi connectivity index (χ1v) is 6.18. The second-order valence-corrected chi connectivity index (χ2v) is 4.88. The zero-order valence-electron chi connectivity index (χ0n) is 10.3. The summed E-state index contributed by atoms with van der Waals surface area (Å²) in [5.74, 6) is -0.327. The van der Waals surface area contributed by atoms with Gasteiger partial charge in [-0.1, -0.05) is 24.6 Å². The van der Waals surface area contributed by atoms with Gasteiger partial charge in [0, 0.05) is 23.7 Å². The summed E-state index contributed by atoms with van der Waals surface area (Å²) in [5, 5.41) is 12.8. The molecule has 1 aromatic rings. The number of benzene rings is 1. The molecule has 2 nitrogen and oxygen atoms in total. The summed E-state index contributed by atoms with van der Waals surface area (Å²) in [4.78, 5) is 0. The molecule has 0 aromatic heterocycles. The molecule has 0 spiro atoms. The smallest absolute Gasteiger partial charge is 0.124 e. The van der Waals surface area contributed by atoms with Crippen LogP contribution in [-0.4, -0.2) is 17.3 Å². The highest BCUT2D eigenvalue weighted by molar-refractivity contribution is 6.31. The summed E-state index contributed by atoms with van der Waals surface area (Å²) < 4.78 is 12.9. The number of hydrogen-bond donors (Lipinski definition) is 2. The van der Waals surface area contributed by atoms with Crippen molar-refractivity contribution >= 4 is 11.6 Å². The maximum Gasteiger partial charge on any atom is 0.124 e. The molecule has 96 valence electrons. The van der Waals surface area contributed by atoms with Crippen molar-refractivity contribution in [2.45, 2.75) is 38.8 Å². The van der Waals surface area contributed by atoms with E-state index < -0.39 is 0 Å². The number of nitrogens with one attached hydrogen (secondary N) is 1. The summed E-state index contributed by atoms with van der Waals surface area (Å²) in [6.07, 6.45) is 1.59. The third-order valence-electron chi connectivity index (χ3n) is 3.16. The molecule has 17 heavy (non-hydrogen) atoms. The summed E-state index contributed by atoms with van der Waals surface area (Å²) in [6, 6.07) is 4.39. The zero-order valence-corrected chi connectivity index (χ0v) is 11.0. The Morgan fingerprint density at radius 1 is 1.47 bits per heavy atom. The molecule has 1 unspecified atom stereocenters. The Labute approximate surface area is 107 Å². The Kier molecular flexibility index (Phi) is 5.37. The van der Waals surface area contributed by atoms with Crippen LogP contribution in [0.3, 0.4) is 0 Å². The van der Waals surface area contributed by atoms with Crippen LogP contribution in [0.25, 0.3) is 0 Å². The monoisotopic (exact) mass is 259 g/mol. The number of halogens is 2. The number of rotatable bonds is 6. The minimum absolute atomic E-state index is 0.119. The third kappa shape index (κ3) is 4.26. The topological polar surface area (TPSA) is 32.3 Å². The van der Waals surface area contributed by atoms with E-state index in [-0.39, 0.29) is 18.0 Å². The minimum Gasteiger partial charge on any atom is -0.396 e. The van der Waals surface area contributed by atoms with Crippen molar-refractivity contribution in [3.63, 3.8) is 0 Å². The van der Waals surface area contributed by atoms with E-state index in [1.165, 1.54) is 12.1 Å². The molecule has 1 rings (SSSR count). The van der Waals surface area contributed by atoms with Crippen LogP contribution in [0.1, 0.15) is 32.3 Å². The number of aliphatic hydroxyl groups excluding tert-OH is 1. The molecular formula is C13H19ClFNO. The lowest BCUT2D eigenvalue weighted by molar-refractivity contribution is 0.214. The first-order chi connectivity index (χ1) is 8.00. The van der Waals surface area contributed by atoms with Crippen molar-refractivity contribution in [2.24, 2.45) is 0 Å². The van der Waals surface area contributed by atoms with Gasteiger partial charge < -0.3 is 10.4 Å². The summed E-state index contributed by atoms with van der Waals surface area (Å²) in [7, 11) is 0. The molecule has 1 atom stereocenters. The van der Waals surface area contributed by atoms with Crippen LogP contribution in [0.4, 0.5) is 4.39 Å². The lowest BCUT2D eigenvalue weighted by atomic mass is 9.94. The summed E-state index contributed by atoms with van der Waals surface area (Å²) >= 11 is 5.95. The van der Waals surface area contributed by atoms with Crippen molar-refractivity contribution in [3.8, 4) is 0 Å². The van der Waals surface area contributed by atoms with Crippen LogP contribution in [0.15, 0.2) is 18.2 Å². The van der Waals surface area contributed by atoms with Gasteiger partial charge in [0.05, 0.1) is 0 Å². The maximum absolute atomic E-state index is 12.9. The molecule has 0 saturated carbocycles. The lowest BCUT2D eigenvalue weighted by Crippen LogP contribution is -2.42. The molecule has 0 bridgehead atoms. The van der Waals surface area contributed by atoms with E-state index in [4.69, 9.17) is 16.7 Å². The van der Waals surface area contributed by atoms with Crippen molar-refractivity contribution < 1.29 is 9.50 Å². The highest BCUT2D eigenvalue weighted by Crippen LogP contribution is 2.20. The van der Waals surface area contributed by atoms with Crippen molar-refractivity contribution in [2.75, 3.05) is 6.61 Å². The third-order valence-corrected chi connectivity index (χ3v) is 3.52. The van der Waals surface area contributed by atoms with E-state index in [0.29, 0.717) is 18.0 Å². The molecule has 0 aliphatic rings. The summed E-state index contributed by atoms with van der Waals surface area (Å²) in [5.41, 5.74) is 0.748. The van der Waals surface area contributed by atoms with E-state index in [1.807, 2.05) is 0 Å². The minimum atomic E-state index is -0.327. The predicted octanol–water partition coefficient (Wildman–Crippen LogP) is 3.12. The summed E-state index contributed by atoms with van der Waals surface area (Å²) in [6.45, 7) is 4.84. The van der Waals surface area contributed by atoms with Gasteiger partial charge in [0.2, 0.25) is 0 Å². The van der Waals surface area contributed by atoms with Crippen molar-refractivity contribution in [1.29, 1.82) is 0 Å². The second kappa shape index (κ2) is 6.34. The van der Waals surface area contributed by atoms with Crippen LogP contribution >= 0.6 is 11.6 Å². The average molecular weight is 260 g/mol. The molecule has 0 fully saturated rings. The van der Waals surface area contributed by atoms with Crippen LogP contribution in [0, 0.1) is 5.82 Å². The van der Waals surface area contributed by atoms with Gasteiger partial charge in [-0.3, -0.25) is 0 Å². The lowest BCUT2D eigenvalue weighted by Gasteiger charge is -2.29. The number of aliphatic hydroxyl groups is 1. The Morgan fingerprint density at radius 3 is 2.71 bits per heavy atom. The quantitative estimate of drug-likeness (QED) is 0.823. The van der Waals surface area contributed by atoms with Crippen LogP contribution < -0.4 is 5.32 Å². The van der Waals surface area contributed by atoms with Gasteiger partial charge >= 0.3 is 0 Å². The molecule has 0 saturated heterocycles. The molecule has 2 N–H and O–H groups in total. The molecule has 0 aliphatic carbocycles. The average Bonchev–Trinajstić information content (AvgIpc) is 2.28. The largest absolute Gasteiger partial charge is 0.396 e. The SMILES string of the molecule is CCC(C)(CCO)NCc1ccc(F)cc1Cl. The van der Waals surface area contributed by atoms with E-state index in [9.17, 15) is 4.39 Å². The first-order valence-electron chi connectivity index (χ1n) is 5.80. The fourth-order valence-corrected chi connectivity index (χ4v) is 1.84. The Bertz CT molecular complexity index is 372. The second-order valence-electron chi connectivity index (χ2n) is 4.48. The molecule has 0 amide bonds. The molecule has 0 heterocycles. The predicted molar refractivity (Wildman–Crippen MR) is 68.6 cm³/mol. The Morgan fingerprint density at radius 2 is 2.18 bits per heavy atom. The van der Waals surface area contributed by atoms with E-state index in [2.05, 4.69) is 19.2 Å². The fourth-order valence-electron chi connectivity index (χ4n) is 1.61. The van der Waals surface area contributed by atoms with Gasteiger partial charge in [-0.2, -0.15) is 0 Å². The van der Waals surface area contributed by atoms with E-state index >= 15 is 0 Å². The molecule has 0 radical (unpaired) electrons. The molecule has 0 aliphatic heterocycles. The van der Waals surface area contributed by atoms with Gasteiger partial charge in [0.15, 0.2) is 0 Å². The van der Waals surface area contributed by atoms with Crippen LogP contribution in [0.2, 0.25) is 5.02 Å². The Hall–Kier alpha value is -0.640. The van der Waals surface area contributed by atoms with Gasteiger partial charge in [-0.25, -0.2) is 4.39 Å². The van der Waals surface area contributed by atoms with Crippen molar-refractivity contribution in [1.82, 2.24) is 5.32 Å². The number of hydrogen-bond acceptors (Lipinski definition) is 2. The fraction of sp³-hybridized carbons (Fsp3) is 0.538. The highest BCUT2D eigenvalue weighted by Gasteiger charge is 2.20. The first kappa shape index (κ1) is 14.4. The van der Waals surface area contributed by atoms with E-state index in [0.717, 1.165) is 12.0 Å².